The zero-order valence-corrected chi connectivity index (χ0v) is 11.1. The first kappa shape index (κ1) is 13.6. The Balaban J connectivity index is 1.74. The summed E-state index contributed by atoms with van der Waals surface area (Å²) in [4.78, 5) is 23.4. The number of hydrogen-bond donors (Lipinski definition) is 2. The van der Waals surface area contributed by atoms with Gasteiger partial charge in [-0.3, -0.25) is 9.59 Å². The predicted molar refractivity (Wildman–Crippen MR) is 70.6 cm³/mol. The highest BCUT2D eigenvalue weighted by Crippen LogP contribution is 2.23. The van der Waals surface area contributed by atoms with E-state index in [0.717, 1.165) is 19.3 Å². The van der Waals surface area contributed by atoms with Crippen molar-refractivity contribution in [2.24, 2.45) is 5.92 Å². The number of carbonyl (C=O) groups is 2. The summed E-state index contributed by atoms with van der Waals surface area (Å²) in [5.41, 5.74) is 0.429. The van der Waals surface area contributed by atoms with Crippen LogP contribution in [0.4, 0.5) is 0 Å². The maximum absolute atomic E-state index is 11.8. The monoisotopic (exact) mass is 264 g/mol. The van der Waals surface area contributed by atoms with Gasteiger partial charge in [0.05, 0.1) is 18.4 Å². The van der Waals surface area contributed by atoms with Crippen molar-refractivity contribution in [2.75, 3.05) is 6.54 Å². The molecule has 1 aromatic rings. The maximum Gasteiger partial charge on any atom is 0.254 e. The van der Waals surface area contributed by atoms with Gasteiger partial charge in [0.2, 0.25) is 5.91 Å². The van der Waals surface area contributed by atoms with Crippen LogP contribution in [0.5, 0.6) is 0 Å². The third kappa shape index (κ3) is 3.84. The molecule has 1 aliphatic rings. The van der Waals surface area contributed by atoms with E-state index in [9.17, 15) is 9.59 Å². The molecule has 0 aliphatic heterocycles. The number of carbonyl (C=O) groups excluding carboxylic acids is 2. The molecule has 0 bridgehead atoms. The summed E-state index contributed by atoms with van der Waals surface area (Å²) >= 11 is 0. The zero-order chi connectivity index (χ0) is 13.7. The molecule has 19 heavy (non-hydrogen) atoms. The molecule has 2 unspecified atom stereocenters. The Bertz CT molecular complexity index is 428. The van der Waals surface area contributed by atoms with Crippen LogP contribution in [-0.2, 0) is 4.79 Å². The van der Waals surface area contributed by atoms with Gasteiger partial charge in [-0.1, -0.05) is 19.8 Å². The fourth-order valence-corrected chi connectivity index (χ4v) is 2.44. The van der Waals surface area contributed by atoms with Gasteiger partial charge in [-0.15, -0.1) is 0 Å². The summed E-state index contributed by atoms with van der Waals surface area (Å²) < 4.78 is 4.82. The lowest BCUT2D eigenvalue weighted by atomic mass is 9.86. The molecule has 2 atom stereocenters. The Kier molecular flexibility index (Phi) is 4.60. The van der Waals surface area contributed by atoms with Gasteiger partial charge in [0, 0.05) is 6.04 Å². The van der Waals surface area contributed by atoms with Crippen molar-refractivity contribution in [3.8, 4) is 0 Å². The van der Waals surface area contributed by atoms with Crippen molar-refractivity contribution in [1.82, 2.24) is 10.6 Å². The smallest absolute Gasteiger partial charge is 0.254 e. The number of furan rings is 1. The minimum absolute atomic E-state index is 0.00718. The molecule has 1 fully saturated rings. The second-order valence-electron chi connectivity index (χ2n) is 5.13. The van der Waals surface area contributed by atoms with E-state index in [4.69, 9.17) is 4.42 Å². The topological polar surface area (TPSA) is 71.3 Å². The zero-order valence-electron chi connectivity index (χ0n) is 11.1. The second-order valence-corrected chi connectivity index (χ2v) is 5.13. The van der Waals surface area contributed by atoms with Crippen LogP contribution < -0.4 is 10.6 Å². The van der Waals surface area contributed by atoms with Gasteiger partial charge in [-0.25, -0.2) is 0 Å². The quantitative estimate of drug-likeness (QED) is 0.869. The van der Waals surface area contributed by atoms with Crippen molar-refractivity contribution in [2.45, 2.75) is 38.6 Å². The minimum Gasteiger partial charge on any atom is -0.472 e. The van der Waals surface area contributed by atoms with Gasteiger partial charge in [0.15, 0.2) is 0 Å². The molecule has 2 amide bonds. The van der Waals surface area contributed by atoms with E-state index in [0.29, 0.717) is 11.5 Å². The van der Waals surface area contributed by atoms with Gasteiger partial charge in [-0.2, -0.15) is 0 Å². The standard InChI is InChI=1S/C14H20N2O3/c1-10-4-2-3-5-12(10)16-13(17)8-15-14(18)11-6-7-19-9-11/h6-7,9-10,12H,2-5,8H2,1H3,(H,15,18)(H,16,17). The molecule has 1 aromatic heterocycles. The van der Waals surface area contributed by atoms with E-state index in [1.165, 1.54) is 18.9 Å². The first-order valence-electron chi connectivity index (χ1n) is 6.76. The molecule has 0 aromatic carbocycles. The Labute approximate surface area is 112 Å². The largest absolute Gasteiger partial charge is 0.472 e. The highest BCUT2D eigenvalue weighted by molar-refractivity contribution is 5.96. The first-order valence-corrected chi connectivity index (χ1v) is 6.76. The number of nitrogens with one attached hydrogen (secondary N) is 2. The van der Waals surface area contributed by atoms with Crippen molar-refractivity contribution in [3.05, 3.63) is 24.2 Å². The van der Waals surface area contributed by atoms with E-state index in [-0.39, 0.29) is 24.4 Å². The van der Waals surface area contributed by atoms with Crippen molar-refractivity contribution in [1.29, 1.82) is 0 Å². The highest BCUT2D eigenvalue weighted by Gasteiger charge is 2.22. The normalized spacial score (nSPS) is 22.8. The molecule has 1 saturated carbocycles. The van der Waals surface area contributed by atoms with Crippen molar-refractivity contribution >= 4 is 11.8 Å². The number of rotatable bonds is 4. The molecule has 5 heteroatoms. The molecule has 104 valence electrons. The van der Waals surface area contributed by atoms with E-state index in [1.54, 1.807) is 6.07 Å². The van der Waals surface area contributed by atoms with Crippen LogP contribution in [0.25, 0.3) is 0 Å². The van der Waals surface area contributed by atoms with E-state index >= 15 is 0 Å². The Morgan fingerprint density at radius 3 is 2.84 bits per heavy atom. The summed E-state index contributed by atoms with van der Waals surface area (Å²) in [6, 6.07) is 1.81. The van der Waals surface area contributed by atoms with Crippen LogP contribution in [0.3, 0.4) is 0 Å². The summed E-state index contributed by atoms with van der Waals surface area (Å²) in [5.74, 6) is 0.0958. The fourth-order valence-electron chi connectivity index (χ4n) is 2.44. The molecule has 1 heterocycles. The lowest BCUT2D eigenvalue weighted by Crippen LogP contribution is -2.45. The predicted octanol–water partition coefficient (Wildman–Crippen LogP) is 1.70. The molecular weight excluding hydrogens is 244 g/mol. The average Bonchev–Trinajstić information content (AvgIpc) is 2.93. The lowest BCUT2D eigenvalue weighted by Gasteiger charge is -2.29. The molecule has 0 radical (unpaired) electrons. The van der Waals surface area contributed by atoms with Crippen molar-refractivity contribution < 1.29 is 14.0 Å². The fraction of sp³-hybridized carbons (Fsp3) is 0.571. The van der Waals surface area contributed by atoms with Gasteiger partial charge in [0.25, 0.3) is 5.91 Å². The average molecular weight is 264 g/mol. The molecule has 2 rings (SSSR count). The van der Waals surface area contributed by atoms with Gasteiger partial charge in [0.1, 0.15) is 6.26 Å². The minimum atomic E-state index is -0.291. The Morgan fingerprint density at radius 1 is 1.37 bits per heavy atom. The Hall–Kier alpha value is -1.78. The molecule has 5 nitrogen and oxygen atoms in total. The van der Waals surface area contributed by atoms with Gasteiger partial charge in [-0.05, 0) is 24.8 Å². The second kappa shape index (κ2) is 6.41. The number of hydrogen-bond acceptors (Lipinski definition) is 3. The van der Waals surface area contributed by atoms with Gasteiger partial charge < -0.3 is 15.1 Å². The maximum atomic E-state index is 11.8. The molecule has 2 N–H and O–H groups in total. The van der Waals surface area contributed by atoms with Crippen LogP contribution in [0.15, 0.2) is 23.0 Å². The van der Waals surface area contributed by atoms with Crippen LogP contribution in [-0.4, -0.2) is 24.4 Å². The number of amides is 2. The SMILES string of the molecule is CC1CCCCC1NC(=O)CNC(=O)c1ccoc1. The first-order chi connectivity index (χ1) is 9.16. The molecule has 0 spiro atoms. The van der Waals surface area contributed by atoms with E-state index in [2.05, 4.69) is 17.6 Å². The summed E-state index contributed by atoms with van der Waals surface area (Å²) in [6.45, 7) is 2.17. The van der Waals surface area contributed by atoms with E-state index < -0.39 is 0 Å². The van der Waals surface area contributed by atoms with Crippen LogP contribution in [0, 0.1) is 5.92 Å². The van der Waals surface area contributed by atoms with Crippen LogP contribution >= 0.6 is 0 Å². The van der Waals surface area contributed by atoms with Crippen LogP contribution in [0.1, 0.15) is 43.0 Å². The Morgan fingerprint density at radius 2 is 2.16 bits per heavy atom. The summed E-state index contributed by atoms with van der Waals surface area (Å²) in [6.07, 6.45) is 7.38. The highest BCUT2D eigenvalue weighted by atomic mass is 16.3. The molecule has 0 saturated heterocycles. The van der Waals surface area contributed by atoms with Crippen LogP contribution in [0.2, 0.25) is 0 Å². The van der Waals surface area contributed by atoms with Crippen molar-refractivity contribution in [3.63, 3.8) is 0 Å². The molecular formula is C14H20N2O3. The van der Waals surface area contributed by atoms with E-state index in [1.807, 2.05) is 0 Å². The third-order valence-electron chi connectivity index (χ3n) is 3.65. The lowest BCUT2D eigenvalue weighted by molar-refractivity contribution is -0.121. The molecule has 1 aliphatic carbocycles. The summed E-state index contributed by atoms with van der Waals surface area (Å²) in [5, 5.41) is 5.57. The third-order valence-corrected chi connectivity index (χ3v) is 3.65. The van der Waals surface area contributed by atoms with Gasteiger partial charge >= 0.3 is 0 Å². The summed E-state index contributed by atoms with van der Waals surface area (Å²) in [7, 11) is 0.